The number of hydrogen-bond donors (Lipinski definition) is 3. The van der Waals surface area contributed by atoms with E-state index in [9.17, 15) is 9.90 Å². The number of fused-ring (bicyclic) bond motifs is 1. The molecule has 3 N–H and O–H groups in total. The number of aliphatic hydroxyl groups is 1. The molecule has 0 spiro atoms. The number of nitrogens with one attached hydrogen (secondary N) is 2. The summed E-state index contributed by atoms with van der Waals surface area (Å²) in [5, 5.41) is 15.2. The fourth-order valence-corrected chi connectivity index (χ4v) is 2.97. The number of amides is 1. The van der Waals surface area contributed by atoms with E-state index in [1.165, 1.54) is 0 Å². The lowest BCUT2D eigenvalue weighted by atomic mass is 10.1. The molecule has 3 rings (SSSR count). The summed E-state index contributed by atoms with van der Waals surface area (Å²) in [5.41, 5.74) is 2.44. The van der Waals surface area contributed by atoms with E-state index < -0.39 is 12.1 Å². The Balaban J connectivity index is 1.68. The second kappa shape index (κ2) is 7.83. The number of nitrogens with zero attached hydrogens (tertiary/aromatic N) is 1. The number of aliphatic hydroxyl groups excluding tert-OH is 1. The van der Waals surface area contributed by atoms with Crippen LogP contribution in [0.1, 0.15) is 18.9 Å². The van der Waals surface area contributed by atoms with Gasteiger partial charge in [0.25, 0.3) is 5.91 Å². The second-order valence-corrected chi connectivity index (χ2v) is 6.09. The van der Waals surface area contributed by atoms with Crippen LogP contribution in [0, 0.1) is 0 Å². The number of morpholine rings is 1. The van der Waals surface area contributed by atoms with Crippen molar-refractivity contribution in [3.8, 4) is 5.75 Å². The largest absolute Gasteiger partial charge is 0.492 e. The van der Waals surface area contributed by atoms with Crippen molar-refractivity contribution >= 4 is 17.3 Å². The van der Waals surface area contributed by atoms with Gasteiger partial charge in [-0.25, -0.2) is 0 Å². The number of carbonyl (C=O) groups excluding carboxylic acids is 1. The van der Waals surface area contributed by atoms with Gasteiger partial charge in [-0.15, -0.1) is 0 Å². The smallest absolute Gasteiger partial charge is 0.274 e. The highest BCUT2D eigenvalue weighted by molar-refractivity contribution is 6.02. The third-order valence-corrected chi connectivity index (χ3v) is 4.29. The van der Waals surface area contributed by atoms with Gasteiger partial charge in [-0.3, -0.25) is 9.69 Å². The highest BCUT2D eigenvalue weighted by atomic mass is 16.5. The van der Waals surface area contributed by atoms with Crippen molar-refractivity contribution in [1.82, 2.24) is 4.90 Å². The van der Waals surface area contributed by atoms with Crippen LogP contribution in [0.4, 0.5) is 11.4 Å². The molecule has 132 valence electrons. The van der Waals surface area contributed by atoms with E-state index in [4.69, 9.17) is 9.47 Å². The van der Waals surface area contributed by atoms with Gasteiger partial charge in [0.2, 0.25) is 6.23 Å². The fourth-order valence-electron chi connectivity index (χ4n) is 2.97. The van der Waals surface area contributed by atoms with E-state index in [0.717, 1.165) is 57.0 Å². The third-order valence-electron chi connectivity index (χ3n) is 4.29. The quantitative estimate of drug-likeness (QED) is 0.720. The highest BCUT2D eigenvalue weighted by Crippen LogP contribution is 2.34. The molecular weight excluding hydrogens is 310 g/mol. The average Bonchev–Trinajstić information content (AvgIpc) is 2.58. The summed E-state index contributed by atoms with van der Waals surface area (Å²) in [5.74, 6) is 0.366. The Bertz CT molecular complexity index is 587. The lowest BCUT2D eigenvalue weighted by Crippen LogP contribution is -2.39. The van der Waals surface area contributed by atoms with Gasteiger partial charge in [0, 0.05) is 25.7 Å². The van der Waals surface area contributed by atoms with E-state index >= 15 is 0 Å². The number of aryl methyl sites for hydroxylation is 1. The number of ether oxygens (including phenoxy) is 2. The molecule has 1 unspecified atom stereocenters. The normalized spacial score (nSPS) is 20.9. The maximum Gasteiger partial charge on any atom is 0.274 e. The minimum absolute atomic E-state index is 0.439. The lowest BCUT2D eigenvalue weighted by molar-refractivity contribution is -0.122. The van der Waals surface area contributed by atoms with Gasteiger partial charge in [-0.1, -0.05) is 13.3 Å². The van der Waals surface area contributed by atoms with E-state index in [-0.39, 0.29) is 0 Å². The van der Waals surface area contributed by atoms with Gasteiger partial charge in [0.05, 0.1) is 24.6 Å². The van der Waals surface area contributed by atoms with Gasteiger partial charge < -0.3 is 25.2 Å². The van der Waals surface area contributed by atoms with Gasteiger partial charge >= 0.3 is 0 Å². The maximum atomic E-state index is 11.6. The zero-order chi connectivity index (χ0) is 16.9. The lowest BCUT2D eigenvalue weighted by Gasteiger charge is -2.27. The molecule has 24 heavy (non-hydrogen) atoms. The topological polar surface area (TPSA) is 83.1 Å². The Hall–Kier alpha value is -1.83. The number of rotatable bonds is 6. The first-order chi connectivity index (χ1) is 11.7. The summed E-state index contributed by atoms with van der Waals surface area (Å²) in [6.07, 6.45) is 0.636. The Morgan fingerprint density at radius 1 is 1.33 bits per heavy atom. The van der Waals surface area contributed by atoms with Crippen molar-refractivity contribution in [2.45, 2.75) is 26.0 Å². The molecule has 7 heteroatoms. The van der Waals surface area contributed by atoms with Crippen LogP contribution in [0.15, 0.2) is 12.1 Å². The van der Waals surface area contributed by atoms with E-state index in [1.807, 2.05) is 12.1 Å². The third kappa shape index (κ3) is 3.98. The standard InChI is InChI=1S/C17H25N3O4/c1-2-3-12-10-13-14(19-17(22)16(21)18-13)11-15(12)24-9-6-20-4-7-23-8-5-20/h10-11,17,19,22H,2-9H2,1H3,(H,18,21). The van der Waals surface area contributed by atoms with Crippen molar-refractivity contribution in [3.05, 3.63) is 17.7 Å². The molecular formula is C17H25N3O4. The van der Waals surface area contributed by atoms with Crippen LogP contribution in [-0.2, 0) is 16.0 Å². The van der Waals surface area contributed by atoms with Gasteiger partial charge in [-0.05, 0) is 18.1 Å². The summed E-state index contributed by atoms with van der Waals surface area (Å²) in [7, 11) is 0. The first-order valence-electron chi connectivity index (χ1n) is 8.52. The first-order valence-corrected chi connectivity index (χ1v) is 8.52. The minimum Gasteiger partial charge on any atom is -0.492 e. The zero-order valence-corrected chi connectivity index (χ0v) is 14.0. The molecule has 7 nitrogen and oxygen atoms in total. The second-order valence-electron chi connectivity index (χ2n) is 6.09. The zero-order valence-electron chi connectivity index (χ0n) is 14.0. The van der Waals surface area contributed by atoms with E-state index in [1.54, 1.807) is 0 Å². The molecule has 0 radical (unpaired) electrons. The molecule has 1 atom stereocenters. The maximum absolute atomic E-state index is 11.6. The van der Waals surface area contributed by atoms with Crippen LogP contribution in [0.2, 0.25) is 0 Å². The number of hydrogen-bond acceptors (Lipinski definition) is 6. The average molecular weight is 335 g/mol. The van der Waals surface area contributed by atoms with Crippen molar-refractivity contribution in [1.29, 1.82) is 0 Å². The highest BCUT2D eigenvalue weighted by Gasteiger charge is 2.24. The summed E-state index contributed by atoms with van der Waals surface area (Å²) in [6.45, 7) is 7.01. The molecule has 2 heterocycles. The predicted molar refractivity (Wildman–Crippen MR) is 91.5 cm³/mol. The van der Waals surface area contributed by atoms with Gasteiger partial charge in [0.1, 0.15) is 12.4 Å². The Labute approximate surface area is 141 Å². The van der Waals surface area contributed by atoms with Crippen LogP contribution >= 0.6 is 0 Å². The van der Waals surface area contributed by atoms with Gasteiger partial charge in [0.15, 0.2) is 0 Å². The summed E-state index contributed by atoms with van der Waals surface area (Å²) < 4.78 is 11.4. The number of benzene rings is 1. The summed E-state index contributed by atoms with van der Waals surface area (Å²) in [6, 6.07) is 3.79. The van der Waals surface area contributed by atoms with Crippen molar-refractivity contribution < 1.29 is 19.4 Å². The van der Waals surface area contributed by atoms with Crippen LogP contribution in [-0.4, -0.2) is 61.6 Å². The van der Waals surface area contributed by atoms with Crippen molar-refractivity contribution in [3.63, 3.8) is 0 Å². The molecule has 1 aromatic carbocycles. The van der Waals surface area contributed by atoms with Gasteiger partial charge in [-0.2, -0.15) is 0 Å². The summed E-state index contributed by atoms with van der Waals surface area (Å²) in [4.78, 5) is 13.9. The number of anilines is 2. The van der Waals surface area contributed by atoms with Crippen molar-refractivity contribution in [2.24, 2.45) is 0 Å². The molecule has 0 aromatic heterocycles. The molecule has 2 aliphatic rings. The molecule has 1 amide bonds. The Kier molecular flexibility index (Phi) is 5.55. The van der Waals surface area contributed by atoms with Crippen LogP contribution in [0.25, 0.3) is 0 Å². The number of carbonyl (C=O) groups is 1. The molecule has 0 bridgehead atoms. The molecule has 2 aliphatic heterocycles. The molecule has 0 saturated carbocycles. The molecule has 1 saturated heterocycles. The van der Waals surface area contributed by atoms with Crippen LogP contribution < -0.4 is 15.4 Å². The SMILES string of the molecule is CCCc1cc2c(cc1OCCN1CCOCC1)NC(O)C(=O)N2. The monoisotopic (exact) mass is 335 g/mol. The Morgan fingerprint density at radius 2 is 2.12 bits per heavy atom. The summed E-state index contributed by atoms with van der Waals surface area (Å²) >= 11 is 0. The van der Waals surface area contributed by atoms with Crippen LogP contribution in [0.5, 0.6) is 5.75 Å². The molecule has 1 fully saturated rings. The molecule has 1 aromatic rings. The van der Waals surface area contributed by atoms with Crippen molar-refractivity contribution in [2.75, 3.05) is 50.1 Å². The fraction of sp³-hybridized carbons (Fsp3) is 0.588. The van der Waals surface area contributed by atoms with E-state index in [0.29, 0.717) is 18.0 Å². The molecule has 0 aliphatic carbocycles. The van der Waals surface area contributed by atoms with E-state index in [2.05, 4.69) is 22.5 Å². The first kappa shape index (κ1) is 17.0. The minimum atomic E-state index is -1.23. The predicted octanol–water partition coefficient (Wildman–Crippen LogP) is 1.03. The Morgan fingerprint density at radius 3 is 2.88 bits per heavy atom. The van der Waals surface area contributed by atoms with Crippen LogP contribution in [0.3, 0.4) is 0 Å².